The Hall–Kier alpha value is -2.87. The Bertz CT molecular complexity index is 940. The monoisotopic (exact) mass is 385 g/mol. The van der Waals surface area contributed by atoms with E-state index in [4.69, 9.17) is 0 Å². The van der Waals surface area contributed by atoms with Crippen LogP contribution in [0.2, 0.25) is 0 Å². The molecular formula is C19H20FN5OS. The highest BCUT2D eigenvalue weighted by Crippen LogP contribution is 2.22. The molecule has 0 aliphatic heterocycles. The quantitative estimate of drug-likeness (QED) is 0.661. The van der Waals surface area contributed by atoms with Gasteiger partial charge in [0.2, 0.25) is 0 Å². The number of carbonyl (C=O) groups is 1. The van der Waals surface area contributed by atoms with Gasteiger partial charge in [0.05, 0.1) is 6.20 Å². The van der Waals surface area contributed by atoms with Crippen molar-refractivity contribution < 1.29 is 9.18 Å². The number of nitrogens with zero attached hydrogens (tertiary/aromatic N) is 4. The van der Waals surface area contributed by atoms with Gasteiger partial charge in [-0.15, -0.1) is 0 Å². The number of halogens is 1. The molecule has 0 aliphatic rings. The van der Waals surface area contributed by atoms with Crippen molar-refractivity contribution in [3.8, 4) is 5.69 Å². The van der Waals surface area contributed by atoms with Gasteiger partial charge in [0.15, 0.2) is 5.16 Å². The second-order valence-electron chi connectivity index (χ2n) is 6.01. The number of rotatable bonds is 6. The van der Waals surface area contributed by atoms with Crippen molar-refractivity contribution in [2.45, 2.75) is 11.7 Å². The molecule has 140 valence electrons. The Balaban J connectivity index is 1.86. The van der Waals surface area contributed by atoms with Gasteiger partial charge in [-0.3, -0.25) is 9.36 Å². The third-order valence-electron chi connectivity index (χ3n) is 3.96. The van der Waals surface area contributed by atoms with E-state index in [1.807, 2.05) is 37.4 Å². The molecule has 2 aromatic heterocycles. The highest BCUT2D eigenvalue weighted by Gasteiger charge is 2.18. The molecule has 1 aromatic carbocycles. The number of nitrogens with one attached hydrogen (secondary N) is 1. The van der Waals surface area contributed by atoms with E-state index in [2.05, 4.69) is 15.3 Å². The topological polar surface area (TPSA) is 63.1 Å². The van der Waals surface area contributed by atoms with E-state index >= 15 is 0 Å². The molecule has 1 amide bonds. The number of imidazole rings is 1. The summed E-state index contributed by atoms with van der Waals surface area (Å²) in [5.41, 5.74) is 1.98. The van der Waals surface area contributed by atoms with Gasteiger partial charge in [0, 0.05) is 38.1 Å². The van der Waals surface area contributed by atoms with Crippen LogP contribution in [0.5, 0.6) is 0 Å². The van der Waals surface area contributed by atoms with Crippen LogP contribution in [-0.2, 0) is 6.54 Å². The number of amides is 1. The number of hydrogen-bond acceptors (Lipinski definition) is 5. The minimum Gasteiger partial charge on any atom is -0.362 e. The van der Waals surface area contributed by atoms with Crippen molar-refractivity contribution in [3.63, 3.8) is 0 Å². The Morgan fingerprint density at radius 2 is 1.96 bits per heavy atom. The third-order valence-corrected chi connectivity index (χ3v) is 4.61. The van der Waals surface area contributed by atoms with Crippen molar-refractivity contribution >= 4 is 23.5 Å². The highest BCUT2D eigenvalue weighted by atomic mass is 32.2. The van der Waals surface area contributed by atoms with Gasteiger partial charge in [0.25, 0.3) is 5.91 Å². The van der Waals surface area contributed by atoms with Crippen molar-refractivity contribution in [1.82, 2.24) is 19.9 Å². The lowest BCUT2D eigenvalue weighted by Gasteiger charge is -2.16. The molecule has 3 aromatic rings. The minimum absolute atomic E-state index is 0.263. The lowest BCUT2D eigenvalue weighted by Crippen LogP contribution is -2.26. The summed E-state index contributed by atoms with van der Waals surface area (Å²) in [5, 5.41) is 3.57. The third kappa shape index (κ3) is 4.11. The Morgan fingerprint density at radius 1 is 1.22 bits per heavy atom. The zero-order valence-electron chi connectivity index (χ0n) is 15.3. The number of hydrogen-bond donors (Lipinski definition) is 1. The van der Waals surface area contributed by atoms with Gasteiger partial charge >= 0.3 is 0 Å². The normalized spacial score (nSPS) is 10.7. The summed E-state index contributed by atoms with van der Waals surface area (Å²) in [4.78, 5) is 23.3. The maximum Gasteiger partial charge on any atom is 0.270 e. The van der Waals surface area contributed by atoms with E-state index in [0.29, 0.717) is 23.1 Å². The highest BCUT2D eigenvalue weighted by molar-refractivity contribution is 7.98. The lowest BCUT2D eigenvalue weighted by atomic mass is 10.2. The summed E-state index contributed by atoms with van der Waals surface area (Å²) in [7, 11) is 3.81. The standard InChI is InChI=1S/C19H20FN5OS/c1-24(2)17-13(5-4-10-21-17)11-22-18(26)16-12-23-19(27-3)25(16)15-8-6-14(20)7-9-15/h4-10,12H,11H2,1-3H3,(H,22,26). The fourth-order valence-electron chi connectivity index (χ4n) is 2.72. The zero-order chi connectivity index (χ0) is 19.4. The molecule has 0 radical (unpaired) electrons. The summed E-state index contributed by atoms with van der Waals surface area (Å²) in [6.07, 6.45) is 5.12. The summed E-state index contributed by atoms with van der Waals surface area (Å²) < 4.78 is 15.0. The number of benzene rings is 1. The minimum atomic E-state index is -0.330. The van der Waals surface area contributed by atoms with Gasteiger partial charge in [0.1, 0.15) is 17.3 Å². The fraction of sp³-hybridized carbons (Fsp3) is 0.211. The van der Waals surface area contributed by atoms with Gasteiger partial charge in [-0.2, -0.15) is 0 Å². The van der Waals surface area contributed by atoms with Crippen LogP contribution < -0.4 is 10.2 Å². The molecule has 1 N–H and O–H groups in total. The predicted octanol–water partition coefficient (Wildman–Crippen LogP) is 3.12. The first-order chi connectivity index (χ1) is 13.0. The summed E-state index contributed by atoms with van der Waals surface area (Å²) in [6.45, 7) is 0.337. The Morgan fingerprint density at radius 3 is 2.63 bits per heavy atom. The van der Waals surface area contributed by atoms with Gasteiger partial charge < -0.3 is 10.2 Å². The molecule has 6 nitrogen and oxygen atoms in total. The van der Waals surface area contributed by atoms with Crippen LogP contribution >= 0.6 is 11.8 Å². The number of thioether (sulfide) groups is 1. The van der Waals surface area contributed by atoms with Gasteiger partial charge in [-0.05, 0) is 36.6 Å². The molecule has 27 heavy (non-hydrogen) atoms. The summed E-state index contributed by atoms with van der Waals surface area (Å²) >= 11 is 1.41. The van der Waals surface area contributed by atoms with Gasteiger partial charge in [-0.25, -0.2) is 14.4 Å². The van der Waals surface area contributed by atoms with E-state index in [9.17, 15) is 9.18 Å². The molecular weight excluding hydrogens is 365 g/mol. The Kier molecular flexibility index (Phi) is 5.75. The van der Waals surface area contributed by atoms with Crippen LogP contribution in [0.4, 0.5) is 10.2 Å². The van der Waals surface area contributed by atoms with Crippen molar-refractivity contribution in [1.29, 1.82) is 0 Å². The van der Waals surface area contributed by atoms with Crippen LogP contribution in [0, 0.1) is 5.82 Å². The number of anilines is 1. The van der Waals surface area contributed by atoms with E-state index in [1.165, 1.54) is 30.1 Å². The maximum atomic E-state index is 13.3. The number of pyridine rings is 1. The molecule has 0 saturated carbocycles. The second kappa shape index (κ2) is 8.22. The second-order valence-corrected chi connectivity index (χ2v) is 6.78. The zero-order valence-corrected chi connectivity index (χ0v) is 16.1. The molecule has 0 saturated heterocycles. The largest absolute Gasteiger partial charge is 0.362 e. The van der Waals surface area contributed by atoms with Crippen molar-refractivity contribution in [2.24, 2.45) is 0 Å². The van der Waals surface area contributed by atoms with Crippen molar-refractivity contribution in [3.05, 3.63) is 65.9 Å². The predicted molar refractivity (Wildman–Crippen MR) is 105 cm³/mol. The van der Waals surface area contributed by atoms with Crippen LogP contribution in [-0.4, -0.2) is 40.8 Å². The summed E-state index contributed by atoms with van der Waals surface area (Å²) in [5.74, 6) is 0.207. The summed E-state index contributed by atoms with van der Waals surface area (Å²) in [6, 6.07) is 9.73. The van der Waals surface area contributed by atoms with E-state index < -0.39 is 0 Å². The molecule has 0 unspecified atom stereocenters. The first-order valence-corrected chi connectivity index (χ1v) is 9.51. The Labute approximate surface area is 161 Å². The molecule has 2 heterocycles. The number of carbonyl (C=O) groups excluding carboxylic acids is 1. The molecule has 8 heteroatoms. The van der Waals surface area contributed by atoms with Crippen molar-refractivity contribution in [2.75, 3.05) is 25.3 Å². The molecule has 0 aliphatic carbocycles. The van der Waals surface area contributed by atoms with Crippen LogP contribution in [0.3, 0.4) is 0 Å². The molecule has 0 atom stereocenters. The molecule has 0 spiro atoms. The average Bonchev–Trinajstić information content (AvgIpc) is 3.11. The van der Waals surface area contributed by atoms with Crippen LogP contribution in [0.25, 0.3) is 5.69 Å². The van der Waals surface area contributed by atoms with Crippen LogP contribution in [0.1, 0.15) is 16.1 Å². The fourth-order valence-corrected chi connectivity index (χ4v) is 3.26. The average molecular weight is 385 g/mol. The van der Waals surface area contributed by atoms with E-state index in [1.54, 1.807) is 22.9 Å². The lowest BCUT2D eigenvalue weighted by molar-refractivity contribution is 0.0943. The first-order valence-electron chi connectivity index (χ1n) is 8.28. The molecule has 0 bridgehead atoms. The number of aromatic nitrogens is 3. The first kappa shape index (κ1) is 18.9. The van der Waals surface area contributed by atoms with Gasteiger partial charge in [-0.1, -0.05) is 17.8 Å². The SMILES string of the molecule is CSc1ncc(C(=O)NCc2cccnc2N(C)C)n1-c1ccc(F)cc1. The van der Waals surface area contributed by atoms with E-state index in [0.717, 1.165) is 11.4 Å². The molecule has 0 fully saturated rings. The maximum absolute atomic E-state index is 13.3. The van der Waals surface area contributed by atoms with Crippen LogP contribution in [0.15, 0.2) is 53.9 Å². The smallest absolute Gasteiger partial charge is 0.270 e. The molecule has 3 rings (SSSR count). The van der Waals surface area contributed by atoms with E-state index in [-0.39, 0.29) is 11.7 Å².